The minimum absolute atomic E-state index is 0.711. The van der Waals surface area contributed by atoms with Gasteiger partial charge in [-0.2, -0.15) is 0 Å². The van der Waals surface area contributed by atoms with Crippen LogP contribution in [-0.2, 0) is 17.8 Å². The lowest BCUT2D eigenvalue weighted by Crippen LogP contribution is -2.05. The van der Waals surface area contributed by atoms with Gasteiger partial charge in [0.25, 0.3) is 0 Å². The third kappa shape index (κ3) is 0.387. The summed E-state index contributed by atoms with van der Waals surface area (Å²) in [5.74, 6) is 0. The molecule has 2 aliphatic rings. The van der Waals surface area contributed by atoms with Gasteiger partial charge in [-0.25, -0.2) is 9.19 Å². The molecule has 0 aliphatic carbocycles. The summed E-state index contributed by atoms with van der Waals surface area (Å²) in [5.41, 5.74) is 1.03. The van der Waals surface area contributed by atoms with Gasteiger partial charge in [-0.1, -0.05) is 0 Å². The molecule has 0 N–H and O–H groups in total. The second-order valence-electron chi connectivity index (χ2n) is 2.11. The first kappa shape index (κ1) is 5.17. The summed E-state index contributed by atoms with van der Waals surface area (Å²) in [6.07, 6.45) is 0. The van der Waals surface area contributed by atoms with Crippen LogP contribution in [0.2, 0.25) is 0 Å². The molecule has 0 saturated heterocycles. The average molecular weight is 142 g/mol. The Balaban J connectivity index is 2.83. The fourth-order valence-corrected chi connectivity index (χ4v) is 2.09. The van der Waals surface area contributed by atoms with E-state index in [9.17, 15) is 4.21 Å². The Morgan fingerprint density at radius 1 is 1.67 bits per heavy atom. The van der Waals surface area contributed by atoms with Crippen LogP contribution in [0.5, 0.6) is 0 Å². The van der Waals surface area contributed by atoms with Gasteiger partial charge in [0.05, 0.1) is 5.69 Å². The molecule has 2 aliphatic heterocycles. The summed E-state index contributed by atoms with van der Waals surface area (Å²) in [6, 6.07) is 0. The molecule has 0 aromatic carbocycles. The highest BCUT2D eigenvalue weighted by molar-refractivity contribution is 7.85. The Bertz CT molecular complexity index is 276. The van der Waals surface area contributed by atoms with Gasteiger partial charge in [0.1, 0.15) is 10.8 Å². The molecule has 4 heteroatoms. The molecule has 0 fully saturated rings. The minimum atomic E-state index is -0.875. The van der Waals surface area contributed by atoms with E-state index >= 15 is 0 Å². The zero-order valence-corrected chi connectivity index (χ0v) is 6.03. The van der Waals surface area contributed by atoms with Crippen LogP contribution in [0.25, 0.3) is 0 Å². The Labute approximate surface area is 55.2 Å². The van der Waals surface area contributed by atoms with E-state index in [4.69, 9.17) is 0 Å². The number of aromatic nitrogens is 2. The lowest BCUT2D eigenvalue weighted by atomic mass is 10.5. The molecule has 0 amide bonds. The molecule has 1 unspecified atom stereocenters. The first-order valence-electron chi connectivity index (χ1n) is 2.67. The Morgan fingerprint density at radius 2 is 2.33 bits per heavy atom. The molecule has 2 bridgehead atoms. The topological polar surface area (TPSA) is 34.9 Å². The van der Waals surface area contributed by atoms with Crippen molar-refractivity contribution in [3.63, 3.8) is 0 Å². The summed E-state index contributed by atoms with van der Waals surface area (Å²) in [4.78, 5) is 4.00. The normalized spacial score (nSPS) is 21.8. The van der Waals surface area contributed by atoms with Crippen LogP contribution in [0, 0.1) is 6.92 Å². The van der Waals surface area contributed by atoms with Crippen LogP contribution in [0.4, 0.5) is 0 Å². The number of hydrogen-bond acceptors (Lipinski definition) is 2. The van der Waals surface area contributed by atoms with Crippen LogP contribution < -0.4 is 0 Å². The van der Waals surface area contributed by atoms with Crippen molar-refractivity contribution in [2.24, 2.45) is 7.05 Å². The molecule has 0 saturated carbocycles. The van der Waals surface area contributed by atoms with E-state index < -0.39 is 10.8 Å². The maximum atomic E-state index is 10.9. The number of nitrogens with zero attached hydrogens (tertiary/aromatic N) is 2. The van der Waals surface area contributed by atoms with Crippen LogP contribution in [0.3, 0.4) is 0 Å². The van der Waals surface area contributed by atoms with Gasteiger partial charge in [0.2, 0.25) is 5.16 Å². The maximum absolute atomic E-state index is 10.9. The van der Waals surface area contributed by atoms with Crippen molar-refractivity contribution >= 4 is 10.8 Å². The highest BCUT2D eigenvalue weighted by Crippen LogP contribution is 2.28. The van der Waals surface area contributed by atoms with Crippen LogP contribution >= 0.6 is 0 Å². The fourth-order valence-electron chi connectivity index (χ4n) is 0.919. The predicted molar refractivity (Wildman–Crippen MR) is 32.6 cm³/mol. The number of rotatable bonds is 0. The maximum Gasteiger partial charge on any atom is 0.206 e. The largest absolute Gasteiger partial charge is 0.323 e. The summed E-state index contributed by atoms with van der Waals surface area (Å²) < 4.78 is 12.8. The van der Waals surface area contributed by atoms with Gasteiger partial charge in [0.15, 0.2) is 5.03 Å². The predicted octanol–water partition coefficient (Wildman–Crippen LogP) is 0.209. The first-order valence-corrected chi connectivity index (χ1v) is 3.82. The molecular formula is C5H6N2OS. The summed E-state index contributed by atoms with van der Waals surface area (Å²) in [7, 11) is 1.01. The summed E-state index contributed by atoms with van der Waals surface area (Å²) >= 11 is 0. The summed E-state index contributed by atoms with van der Waals surface area (Å²) in [6.45, 7) is 1.93. The van der Waals surface area contributed by atoms with Crippen molar-refractivity contribution in [1.29, 1.82) is 0 Å². The molecule has 3 rings (SSSR count). The molecule has 0 spiro atoms. The van der Waals surface area contributed by atoms with Crippen molar-refractivity contribution in [3.8, 4) is 0 Å². The third-order valence-electron chi connectivity index (χ3n) is 1.64. The lowest BCUT2D eigenvalue weighted by molar-refractivity contribution is 0.653. The van der Waals surface area contributed by atoms with E-state index in [0.29, 0.717) is 5.16 Å². The second-order valence-corrected chi connectivity index (χ2v) is 3.40. The SMILES string of the molecule is Cc1c2nc(n1C)S2=O. The van der Waals surface area contributed by atoms with Gasteiger partial charge in [-0.05, 0) is 6.92 Å². The van der Waals surface area contributed by atoms with E-state index in [1.54, 1.807) is 0 Å². The third-order valence-corrected chi connectivity index (χ3v) is 3.07. The highest BCUT2D eigenvalue weighted by atomic mass is 32.2. The van der Waals surface area contributed by atoms with Gasteiger partial charge >= 0.3 is 0 Å². The smallest absolute Gasteiger partial charge is 0.206 e. The number of imidazole rings is 1. The highest BCUT2D eigenvalue weighted by Gasteiger charge is 2.30. The quantitative estimate of drug-likeness (QED) is 0.527. The van der Waals surface area contributed by atoms with Crippen molar-refractivity contribution < 1.29 is 4.21 Å². The average Bonchev–Trinajstić information content (AvgIpc) is 2.18. The Hall–Kier alpha value is -0.640. The number of hydrogen-bond donors (Lipinski definition) is 0. The summed E-state index contributed by atoms with van der Waals surface area (Å²) in [5, 5.41) is 1.47. The molecule has 0 radical (unpaired) electrons. The van der Waals surface area contributed by atoms with Gasteiger partial charge in [-0.3, -0.25) is 0 Å². The minimum Gasteiger partial charge on any atom is -0.323 e. The molecule has 1 aromatic rings. The van der Waals surface area contributed by atoms with E-state index in [1.807, 2.05) is 18.5 Å². The standard InChI is InChI=1S/C5H6N2OS/c1-3-4-6-5(7(3)2)9(4)8/h1-2H3. The van der Waals surface area contributed by atoms with Gasteiger partial charge in [-0.15, -0.1) is 0 Å². The Morgan fingerprint density at radius 3 is 2.44 bits per heavy atom. The lowest BCUT2D eigenvalue weighted by Gasteiger charge is -1.98. The molecule has 3 nitrogen and oxygen atoms in total. The zero-order valence-electron chi connectivity index (χ0n) is 5.21. The number of fused-ring (bicyclic) bond motifs is 1. The van der Waals surface area contributed by atoms with E-state index in [1.165, 1.54) is 0 Å². The van der Waals surface area contributed by atoms with Crippen LogP contribution in [0.1, 0.15) is 5.69 Å². The van der Waals surface area contributed by atoms with Crippen molar-refractivity contribution in [3.05, 3.63) is 5.69 Å². The molecule has 48 valence electrons. The van der Waals surface area contributed by atoms with E-state index in [2.05, 4.69) is 4.98 Å². The van der Waals surface area contributed by atoms with E-state index in [0.717, 1.165) is 10.7 Å². The van der Waals surface area contributed by atoms with Gasteiger partial charge < -0.3 is 4.57 Å². The zero-order chi connectivity index (χ0) is 6.59. The molecule has 1 atom stereocenters. The van der Waals surface area contributed by atoms with Crippen molar-refractivity contribution in [2.75, 3.05) is 0 Å². The Kier molecular flexibility index (Phi) is 0.725. The molecule has 1 aromatic heterocycles. The van der Waals surface area contributed by atoms with Crippen molar-refractivity contribution in [1.82, 2.24) is 9.55 Å². The van der Waals surface area contributed by atoms with E-state index in [-0.39, 0.29) is 0 Å². The molecular weight excluding hydrogens is 136 g/mol. The molecule has 3 heterocycles. The second kappa shape index (κ2) is 1.26. The molecule has 9 heavy (non-hydrogen) atoms. The first-order chi connectivity index (χ1) is 4.22. The fraction of sp³-hybridized carbons (Fsp3) is 0.400. The monoisotopic (exact) mass is 142 g/mol. The van der Waals surface area contributed by atoms with Gasteiger partial charge in [0, 0.05) is 7.05 Å². The van der Waals surface area contributed by atoms with Crippen LogP contribution in [0.15, 0.2) is 10.2 Å². The van der Waals surface area contributed by atoms with Crippen LogP contribution in [-0.4, -0.2) is 13.8 Å². The van der Waals surface area contributed by atoms with Crippen molar-refractivity contribution in [2.45, 2.75) is 17.1 Å².